The second kappa shape index (κ2) is 17.2. The van der Waals surface area contributed by atoms with Crippen LogP contribution in [0.4, 0.5) is 0 Å². The van der Waals surface area contributed by atoms with Gasteiger partial charge in [0.25, 0.3) is 0 Å². The molecule has 0 spiro atoms. The first kappa shape index (κ1) is 27.3. The molecule has 0 rings (SSSR count). The Morgan fingerprint density at radius 2 is 1.50 bits per heavy atom. The fraction of sp³-hybridized carbons (Fsp3) is 0.850. The molecule has 0 aliphatic carbocycles. The van der Waals surface area contributed by atoms with Crippen LogP contribution in [0.3, 0.4) is 0 Å². The summed E-state index contributed by atoms with van der Waals surface area (Å²) in [7, 11) is -4.65. The molecule has 0 aromatic rings. The molecule has 0 heterocycles. The average Bonchev–Trinajstić information content (AvgIpc) is 2.61. The largest absolute Gasteiger partial charge is 0.469 e. The van der Waals surface area contributed by atoms with Crippen molar-refractivity contribution in [2.24, 2.45) is 0 Å². The molecule has 0 saturated carbocycles. The fourth-order valence-corrected chi connectivity index (χ4v) is 3.32. The summed E-state index contributed by atoms with van der Waals surface area (Å²) in [5.74, 6) is -0.405. The first-order valence-electron chi connectivity index (χ1n) is 10.6. The molecule has 0 aliphatic heterocycles. The summed E-state index contributed by atoms with van der Waals surface area (Å²) in [5.41, 5.74) is 0. The Labute approximate surface area is 170 Å². The zero-order valence-corrected chi connectivity index (χ0v) is 18.4. The zero-order chi connectivity index (χ0) is 21.3. The molecule has 2 atom stereocenters. The van der Waals surface area contributed by atoms with Crippen LogP contribution < -0.4 is 5.32 Å². The van der Waals surface area contributed by atoms with Crippen molar-refractivity contribution in [3.63, 3.8) is 0 Å². The smallest absolute Gasteiger partial charge is 0.387 e. The Morgan fingerprint density at radius 3 is 1.96 bits per heavy atom. The van der Waals surface area contributed by atoms with Crippen LogP contribution >= 0.6 is 7.82 Å². The van der Waals surface area contributed by atoms with E-state index in [1.54, 1.807) is 6.08 Å². The number of allylic oxidation sites excluding steroid dienone is 1. The van der Waals surface area contributed by atoms with Crippen molar-refractivity contribution in [2.75, 3.05) is 6.61 Å². The van der Waals surface area contributed by atoms with Gasteiger partial charge in [-0.25, -0.2) is 4.57 Å². The van der Waals surface area contributed by atoms with Crippen molar-refractivity contribution in [2.45, 2.75) is 103 Å². The van der Waals surface area contributed by atoms with Gasteiger partial charge in [-0.1, -0.05) is 83.3 Å². The van der Waals surface area contributed by atoms with Gasteiger partial charge < -0.3 is 20.2 Å². The van der Waals surface area contributed by atoms with Gasteiger partial charge in [0, 0.05) is 6.92 Å². The minimum atomic E-state index is -4.65. The van der Waals surface area contributed by atoms with E-state index in [1.807, 2.05) is 6.08 Å². The lowest BCUT2D eigenvalue weighted by atomic mass is 10.0. The van der Waals surface area contributed by atoms with Gasteiger partial charge in [0.2, 0.25) is 5.91 Å². The standard InChI is InChI=1S/C20H40NO6P/c1-3-4-5-6-7-8-9-10-11-12-13-14-15-16-20(23)19(21-18(2)22)17-27-28(24,25)26/h15-16,19-20,23H,3-14,17H2,1-2H3,(H,21,22)(H2,24,25,26). The second-order valence-electron chi connectivity index (χ2n) is 7.34. The molecule has 2 unspecified atom stereocenters. The van der Waals surface area contributed by atoms with Crippen molar-refractivity contribution in [3.05, 3.63) is 12.2 Å². The van der Waals surface area contributed by atoms with Crippen molar-refractivity contribution < 1.29 is 28.8 Å². The van der Waals surface area contributed by atoms with Gasteiger partial charge in [0.1, 0.15) is 0 Å². The maximum atomic E-state index is 11.2. The predicted molar refractivity (Wildman–Crippen MR) is 112 cm³/mol. The van der Waals surface area contributed by atoms with Crippen molar-refractivity contribution in [3.8, 4) is 0 Å². The molecule has 0 saturated heterocycles. The molecule has 28 heavy (non-hydrogen) atoms. The van der Waals surface area contributed by atoms with Gasteiger partial charge in [0.15, 0.2) is 0 Å². The van der Waals surface area contributed by atoms with E-state index in [9.17, 15) is 14.5 Å². The molecule has 1 amide bonds. The SMILES string of the molecule is CCCCCCCCCCCCCC=CC(O)C(COP(=O)(O)O)NC(C)=O. The number of rotatable bonds is 18. The lowest BCUT2D eigenvalue weighted by Crippen LogP contribution is -2.44. The molecule has 4 N–H and O–H groups in total. The van der Waals surface area contributed by atoms with Crippen LogP contribution in [0, 0.1) is 0 Å². The normalized spacial score (nSPS) is 14.3. The van der Waals surface area contributed by atoms with E-state index in [0.717, 1.165) is 19.3 Å². The number of unbranched alkanes of at least 4 members (excludes halogenated alkanes) is 11. The highest BCUT2D eigenvalue weighted by Gasteiger charge is 2.23. The van der Waals surface area contributed by atoms with E-state index in [-0.39, 0.29) is 0 Å². The van der Waals surface area contributed by atoms with Crippen LogP contribution in [0.5, 0.6) is 0 Å². The van der Waals surface area contributed by atoms with E-state index in [2.05, 4.69) is 16.8 Å². The third kappa shape index (κ3) is 18.6. The second-order valence-corrected chi connectivity index (χ2v) is 8.58. The number of amides is 1. The Balaban J connectivity index is 3.84. The van der Waals surface area contributed by atoms with Gasteiger partial charge in [0.05, 0.1) is 18.8 Å². The van der Waals surface area contributed by atoms with Gasteiger partial charge in [-0.15, -0.1) is 0 Å². The molecular formula is C20H40NO6P. The van der Waals surface area contributed by atoms with Crippen LogP contribution in [0.1, 0.15) is 90.9 Å². The number of carbonyl (C=O) groups is 1. The van der Waals surface area contributed by atoms with Crippen LogP contribution in [-0.4, -0.2) is 39.6 Å². The van der Waals surface area contributed by atoms with E-state index in [1.165, 1.54) is 64.7 Å². The number of aliphatic hydroxyl groups is 1. The third-order valence-corrected chi connectivity index (χ3v) is 5.02. The molecule has 0 aromatic heterocycles. The summed E-state index contributed by atoms with van der Waals surface area (Å²) < 4.78 is 15.2. The number of phosphoric acid groups is 1. The minimum absolute atomic E-state index is 0.405. The number of carbonyl (C=O) groups excluding carboxylic acids is 1. The van der Waals surface area contributed by atoms with Crippen molar-refractivity contribution in [1.82, 2.24) is 5.32 Å². The lowest BCUT2D eigenvalue weighted by Gasteiger charge is -2.21. The number of phosphoric ester groups is 1. The highest BCUT2D eigenvalue weighted by atomic mass is 31.2. The Morgan fingerprint density at radius 1 is 1.00 bits per heavy atom. The summed E-state index contributed by atoms with van der Waals surface area (Å²) in [4.78, 5) is 28.7. The monoisotopic (exact) mass is 421 g/mol. The van der Waals surface area contributed by atoms with Gasteiger partial charge >= 0.3 is 7.82 Å². The summed E-state index contributed by atoms with van der Waals surface area (Å²) in [5, 5.41) is 12.5. The minimum Gasteiger partial charge on any atom is -0.387 e. The number of hydrogen-bond donors (Lipinski definition) is 4. The third-order valence-electron chi connectivity index (χ3n) is 4.53. The average molecular weight is 422 g/mol. The number of hydrogen-bond acceptors (Lipinski definition) is 4. The van der Waals surface area contributed by atoms with Crippen LogP contribution in [-0.2, 0) is 13.9 Å². The summed E-state index contributed by atoms with van der Waals surface area (Å²) >= 11 is 0. The molecular weight excluding hydrogens is 381 g/mol. The maximum Gasteiger partial charge on any atom is 0.469 e. The van der Waals surface area contributed by atoms with E-state index in [4.69, 9.17) is 9.79 Å². The number of nitrogens with one attached hydrogen (secondary N) is 1. The van der Waals surface area contributed by atoms with Gasteiger partial charge in [-0.05, 0) is 12.8 Å². The Bertz CT molecular complexity index is 466. The predicted octanol–water partition coefficient (Wildman–Crippen LogP) is 4.22. The Hall–Kier alpha value is -0.720. The first-order chi connectivity index (χ1) is 13.3. The first-order valence-corrected chi connectivity index (χ1v) is 12.1. The molecule has 8 heteroatoms. The van der Waals surface area contributed by atoms with E-state index < -0.39 is 32.5 Å². The summed E-state index contributed by atoms with van der Waals surface area (Å²) in [6.45, 7) is 3.04. The molecule has 0 radical (unpaired) electrons. The molecule has 7 nitrogen and oxygen atoms in total. The molecule has 0 fully saturated rings. The fourth-order valence-electron chi connectivity index (χ4n) is 2.96. The zero-order valence-electron chi connectivity index (χ0n) is 17.5. The highest BCUT2D eigenvalue weighted by Crippen LogP contribution is 2.35. The molecule has 0 aliphatic rings. The quantitative estimate of drug-likeness (QED) is 0.150. The van der Waals surface area contributed by atoms with Crippen molar-refractivity contribution >= 4 is 13.7 Å². The highest BCUT2D eigenvalue weighted by molar-refractivity contribution is 7.46. The van der Waals surface area contributed by atoms with Gasteiger partial charge in [-0.3, -0.25) is 9.32 Å². The van der Waals surface area contributed by atoms with E-state index >= 15 is 0 Å². The molecule has 166 valence electrons. The van der Waals surface area contributed by atoms with Crippen LogP contribution in [0.15, 0.2) is 12.2 Å². The lowest BCUT2D eigenvalue weighted by molar-refractivity contribution is -0.120. The van der Waals surface area contributed by atoms with Gasteiger partial charge in [-0.2, -0.15) is 0 Å². The Kier molecular flexibility index (Phi) is 16.7. The van der Waals surface area contributed by atoms with E-state index in [0.29, 0.717) is 0 Å². The van der Waals surface area contributed by atoms with Crippen molar-refractivity contribution in [1.29, 1.82) is 0 Å². The number of aliphatic hydroxyl groups excluding tert-OH is 1. The van der Waals surface area contributed by atoms with Crippen LogP contribution in [0.25, 0.3) is 0 Å². The summed E-state index contributed by atoms with van der Waals surface area (Å²) in [6.07, 6.45) is 17.1. The maximum absolute atomic E-state index is 11.2. The topological polar surface area (TPSA) is 116 Å². The summed E-state index contributed by atoms with van der Waals surface area (Å²) in [6, 6.07) is -0.904. The molecule has 0 bridgehead atoms. The molecule has 0 aromatic carbocycles. The van der Waals surface area contributed by atoms with Crippen LogP contribution in [0.2, 0.25) is 0 Å².